The summed E-state index contributed by atoms with van der Waals surface area (Å²) in [5.74, 6) is 0. The molecule has 0 aliphatic heterocycles. The van der Waals surface area contributed by atoms with Crippen LogP contribution in [-0.2, 0) is 9.24 Å². The normalized spacial score (nSPS) is 15.3. The van der Waals surface area contributed by atoms with Crippen molar-refractivity contribution >= 4 is 19.4 Å². The molecule has 0 heterocycles. The molecule has 0 aliphatic carbocycles. The van der Waals surface area contributed by atoms with Crippen LogP contribution in [0.3, 0.4) is 0 Å². The summed E-state index contributed by atoms with van der Waals surface area (Å²) in [7, 11) is 1.79. The fraction of sp³-hybridized carbons (Fsp3) is 0.368. The standard InChI is InChI=1S/C19H24O2Se/c1-4-17(20)16-13-9-10-14-18(16)22-19(5-2,21-3)15-11-7-6-8-12-15/h6-14,17,20H,4-5H2,1-3H3/t17-,19+/m0/s1. The van der Waals surface area contributed by atoms with Gasteiger partial charge < -0.3 is 0 Å². The third-order valence-electron chi connectivity index (χ3n) is 3.95. The summed E-state index contributed by atoms with van der Waals surface area (Å²) in [6.45, 7) is 4.17. The number of rotatable bonds is 7. The van der Waals surface area contributed by atoms with E-state index in [9.17, 15) is 5.11 Å². The molecule has 2 rings (SSSR count). The summed E-state index contributed by atoms with van der Waals surface area (Å²) in [5.41, 5.74) is 2.25. The summed E-state index contributed by atoms with van der Waals surface area (Å²) >= 11 is 0.0740. The van der Waals surface area contributed by atoms with E-state index >= 15 is 0 Å². The van der Waals surface area contributed by atoms with E-state index in [2.05, 4.69) is 37.3 Å². The third-order valence-corrected chi connectivity index (χ3v) is 7.33. The van der Waals surface area contributed by atoms with Crippen LogP contribution in [0.4, 0.5) is 0 Å². The maximum absolute atomic E-state index is 10.3. The Morgan fingerprint density at radius 3 is 2.27 bits per heavy atom. The molecule has 2 aromatic rings. The number of benzene rings is 2. The Labute approximate surface area is 139 Å². The summed E-state index contributed by atoms with van der Waals surface area (Å²) < 4.78 is 6.92. The van der Waals surface area contributed by atoms with Gasteiger partial charge in [-0.25, -0.2) is 0 Å². The Morgan fingerprint density at radius 1 is 1.05 bits per heavy atom. The topological polar surface area (TPSA) is 29.5 Å². The minimum absolute atomic E-state index is 0.0740. The number of aliphatic hydroxyl groups is 1. The molecular weight excluding hydrogens is 339 g/mol. The predicted octanol–water partition coefficient (Wildman–Crippen LogP) is 3.37. The van der Waals surface area contributed by atoms with Crippen molar-refractivity contribution in [1.82, 2.24) is 0 Å². The maximum atomic E-state index is 10.3. The molecule has 1 N–H and O–H groups in total. The monoisotopic (exact) mass is 364 g/mol. The number of methoxy groups -OCH3 is 1. The molecule has 0 radical (unpaired) electrons. The average molecular weight is 363 g/mol. The molecule has 3 heteroatoms. The van der Waals surface area contributed by atoms with Gasteiger partial charge in [0.15, 0.2) is 0 Å². The van der Waals surface area contributed by atoms with Gasteiger partial charge in [0.05, 0.1) is 0 Å². The molecule has 0 aromatic heterocycles. The number of hydrogen-bond donors (Lipinski definition) is 1. The van der Waals surface area contributed by atoms with E-state index in [4.69, 9.17) is 4.74 Å². The minimum atomic E-state index is -0.403. The summed E-state index contributed by atoms with van der Waals surface area (Å²) in [6.07, 6.45) is 1.23. The second-order valence-corrected chi connectivity index (χ2v) is 7.98. The number of aliphatic hydroxyl groups excluding tert-OH is 1. The van der Waals surface area contributed by atoms with Crippen molar-refractivity contribution in [3.63, 3.8) is 0 Å². The van der Waals surface area contributed by atoms with Crippen molar-refractivity contribution in [2.24, 2.45) is 0 Å². The fourth-order valence-electron chi connectivity index (χ4n) is 2.58. The average Bonchev–Trinajstić information content (AvgIpc) is 2.60. The van der Waals surface area contributed by atoms with E-state index in [1.807, 2.05) is 31.2 Å². The van der Waals surface area contributed by atoms with Gasteiger partial charge in [-0.3, -0.25) is 0 Å². The zero-order valence-electron chi connectivity index (χ0n) is 13.5. The van der Waals surface area contributed by atoms with Crippen LogP contribution in [0.5, 0.6) is 0 Å². The van der Waals surface area contributed by atoms with Crippen molar-refractivity contribution in [3.05, 3.63) is 65.7 Å². The van der Waals surface area contributed by atoms with E-state index in [0.29, 0.717) is 0 Å². The molecule has 0 saturated heterocycles. The first kappa shape index (κ1) is 17.2. The van der Waals surface area contributed by atoms with Gasteiger partial charge in [0.1, 0.15) is 0 Å². The van der Waals surface area contributed by atoms with E-state index in [-0.39, 0.29) is 19.5 Å². The van der Waals surface area contributed by atoms with Crippen molar-refractivity contribution in [2.45, 2.75) is 37.3 Å². The molecule has 0 spiro atoms. The Kier molecular flexibility index (Phi) is 6.22. The summed E-state index contributed by atoms with van der Waals surface area (Å²) in [5, 5.41) is 10.3. The van der Waals surface area contributed by atoms with Crippen LogP contribution in [0.15, 0.2) is 54.6 Å². The Balaban J connectivity index is 2.41. The molecule has 118 valence electrons. The first-order chi connectivity index (χ1) is 10.7. The van der Waals surface area contributed by atoms with Gasteiger partial charge in [-0.1, -0.05) is 0 Å². The predicted molar refractivity (Wildman–Crippen MR) is 92.5 cm³/mol. The van der Waals surface area contributed by atoms with Gasteiger partial charge in [-0.05, 0) is 0 Å². The van der Waals surface area contributed by atoms with Crippen molar-refractivity contribution in [3.8, 4) is 0 Å². The van der Waals surface area contributed by atoms with Gasteiger partial charge in [-0.2, -0.15) is 0 Å². The Morgan fingerprint density at radius 2 is 1.68 bits per heavy atom. The van der Waals surface area contributed by atoms with Crippen molar-refractivity contribution < 1.29 is 9.84 Å². The van der Waals surface area contributed by atoms with Crippen molar-refractivity contribution in [2.75, 3.05) is 7.11 Å². The molecule has 0 bridgehead atoms. The van der Waals surface area contributed by atoms with E-state index < -0.39 is 6.10 Å². The van der Waals surface area contributed by atoms with Crippen LogP contribution < -0.4 is 4.46 Å². The second kappa shape index (κ2) is 7.94. The third kappa shape index (κ3) is 3.61. The molecule has 0 amide bonds. The zero-order chi connectivity index (χ0) is 16.0. The quantitative estimate of drug-likeness (QED) is 0.765. The fourth-order valence-corrected chi connectivity index (χ4v) is 5.32. The first-order valence-electron chi connectivity index (χ1n) is 7.73. The van der Waals surface area contributed by atoms with Gasteiger partial charge in [0.25, 0.3) is 0 Å². The van der Waals surface area contributed by atoms with Crippen LogP contribution >= 0.6 is 0 Å². The van der Waals surface area contributed by atoms with Crippen molar-refractivity contribution in [1.29, 1.82) is 0 Å². The van der Waals surface area contributed by atoms with E-state index in [1.54, 1.807) is 7.11 Å². The molecule has 2 aromatic carbocycles. The summed E-state index contributed by atoms with van der Waals surface area (Å²) in [6, 6.07) is 18.6. The van der Waals surface area contributed by atoms with Gasteiger partial charge >= 0.3 is 139 Å². The second-order valence-electron chi connectivity index (χ2n) is 5.24. The first-order valence-corrected chi connectivity index (χ1v) is 9.44. The molecular formula is C19H24O2Se. The molecule has 22 heavy (non-hydrogen) atoms. The van der Waals surface area contributed by atoms with Gasteiger partial charge in [0.2, 0.25) is 0 Å². The summed E-state index contributed by atoms with van der Waals surface area (Å²) in [4.78, 5) is 0. The van der Waals surface area contributed by atoms with Crippen LogP contribution in [0.25, 0.3) is 0 Å². The molecule has 0 saturated carbocycles. The van der Waals surface area contributed by atoms with E-state index in [1.165, 1.54) is 10.0 Å². The SMILES string of the molecule is CC[C@H](O)c1ccccc1[Se][C@@](CC)(OC)c1ccccc1. The van der Waals surface area contributed by atoms with Gasteiger partial charge in [0, 0.05) is 0 Å². The number of ether oxygens (including phenoxy) is 1. The molecule has 0 aliphatic rings. The van der Waals surface area contributed by atoms with Crippen LogP contribution in [0, 0.1) is 0 Å². The molecule has 2 nitrogen and oxygen atoms in total. The zero-order valence-corrected chi connectivity index (χ0v) is 15.2. The Hall–Kier alpha value is -1.12. The van der Waals surface area contributed by atoms with E-state index in [0.717, 1.165) is 18.4 Å². The van der Waals surface area contributed by atoms with Crippen LogP contribution in [0.2, 0.25) is 0 Å². The Bertz CT molecular complexity index is 579. The van der Waals surface area contributed by atoms with Crippen LogP contribution in [0.1, 0.15) is 43.9 Å². The molecule has 0 fully saturated rings. The molecule has 0 unspecified atom stereocenters. The van der Waals surface area contributed by atoms with Gasteiger partial charge in [-0.15, -0.1) is 0 Å². The van der Waals surface area contributed by atoms with Crippen LogP contribution in [-0.4, -0.2) is 27.2 Å². The number of hydrogen-bond acceptors (Lipinski definition) is 2. The molecule has 2 atom stereocenters.